The number of amides is 1. The number of tetrazole rings is 1. The average molecular weight is 589 g/mol. The van der Waals surface area contributed by atoms with E-state index in [1.807, 2.05) is 30.5 Å². The minimum atomic E-state index is -0.673. The van der Waals surface area contributed by atoms with Crippen LogP contribution in [0.15, 0.2) is 73.4 Å². The highest BCUT2D eigenvalue weighted by atomic mass is 35.5. The molecule has 1 N–H and O–H groups in total. The molecule has 1 atom stereocenters. The van der Waals surface area contributed by atoms with Crippen LogP contribution in [-0.2, 0) is 9.53 Å². The van der Waals surface area contributed by atoms with Gasteiger partial charge >= 0.3 is 0 Å². The molecule has 0 bridgehead atoms. The predicted octanol–water partition coefficient (Wildman–Crippen LogP) is 4.59. The molecule has 1 amide bonds. The molecule has 3 aromatic heterocycles. The van der Waals surface area contributed by atoms with Crippen molar-refractivity contribution in [2.45, 2.75) is 25.3 Å². The van der Waals surface area contributed by atoms with Crippen LogP contribution in [-0.4, -0.2) is 49.6 Å². The maximum atomic E-state index is 15.3. The van der Waals surface area contributed by atoms with E-state index in [9.17, 15) is 10.0 Å². The summed E-state index contributed by atoms with van der Waals surface area (Å²) in [6, 6.07) is 13.5. The van der Waals surface area contributed by atoms with Gasteiger partial charge in [-0.1, -0.05) is 36.6 Å². The third-order valence-electron chi connectivity index (χ3n) is 7.20. The SMILES string of the molecule is COCC(=O)Nc1ccc(-c2cnn(C(CC3CC3)c3ccc(-c4c(-n5cnnn5)ccc(Cl)c4F)c[n+]3[O-])c2)cc1. The number of benzene rings is 2. The Kier molecular flexibility index (Phi) is 7.64. The fourth-order valence-electron chi connectivity index (χ4n) is 4.94. The second-order valence-electron chi connectivity index (χ2n) is 10.1. The topological polar surface area (TPSA) is 127 Å². The van der Waals surface area contributed by atoms with Gasteiger partial charge in [0.15, 0.2) is 12.0 Å². The van der Waals surface area contributed by atoms with Crippen LogP contribution in [0.1, 0.15) is 31.0 Å². The number of nitrogens with zero attached hydrogens (tertiary/aromatic N) is 7. The molecule has 0 saturated heterocycles. The number of pyridine rings is 1. The van der Waals surface area contributed by atoms with Crippen LogP contribution in [0.2, 0.25) is 5.02 Å². The first kappa shape index (κ1) is 27.5. The standard InChI is InChI=1S/C29H26ClFN8O3/c1-42-16-27(40)34-22-7-4-19(5-8-22)21-13-33-37(14-21)26(12-18-2-3-18)24-10-6-20(15-39(24)41)28-25(38-17-32-35-36-38)11-9-23(30)29(28)31/h4-11,13-15,17-18,26H,2-3,12,16H2,1H3,(H,34,40). The first-order valence-electron chi connectivity index (χ1n) is 13.3. The van der Waals surface area contributed by atoms with Crippen molar-refractivity contribution >= 4 is 23.2 Å². The van der Waals surface area contributed by atoms with Crippen LogP contribution in [0.5, 0.6) is 0 Å². The maximum absolute atomic E-state index is 15.3. The summed E-state index contributed by atoms with van der Waals surface area (Å²) in [5.74, 6) is -0.412. The number of carbonyl (C=O) groups is 1. The number of hydrogen-bond acceptors (Lipinski definition) is 7. The minimum absolute atomic E-state index is 0.0217. The number of nitrogens with one attached hydrogen (secondary N) is 1. The maximum Gasteiger partial charge on any atom is 0.250 e. The summed E-state index contributed by atoms with van der Waals surface area (Å²) >= 11 is 6.10. The molecule has 6 rings (SSSR count). The molecule has 5 aromatic rings. The van der Waals surface area contributed by atoms with E-state index in [-0.39, 0.29) is 29.1 Å². The molecule has 0 aliphatic heterocycles. The van der Waals surface area contributed by atoms with Crippen LogP contribution >= 0.6 is 11.6 Å². The summed E-state index contributed by atoms with van der Waals surface area (Å²) in [5.41, 5.74) is 3.73. The number of carbonyl (C=O) groups excluding carboxylic acids is 1. The van der Waals surface area contributed by atoms with Crippen LogP contribution < -0.4 is 10.0 Å². The van der Waals surface area contributed by atoms with E-state index in [1.165, 1.54) is 30.4 Å². The number of aromatic nitrogens is 7. The highest BCUT2D eigenvalue weighted by molar-refractivity contribution is 6.31. The highest BCUT2D eigenvalue weighted by Gasteiger charge is 2.32. The summed E-state index contributed by atoms with van der Waals surface area (Å²) in [6.07, 6.45) is 9.29. The van der Waals surface area contributed by atoms with Crippen LogP contribution in [0.3, 0.4) is 0 Å². The molecule has 1 fully saturated rings. The van der Waals surface area contributed by atoms with Gasteiger partial charge < -0.3 is 15.3 Å². The van der Waals surface area contributed by atoms with Gasteiger partial charge in [-0.25, -0.2) is 4.39 Å². The Hall–Kier alpha value is -4.68. The van der Waals surface area contributed by atoms with Gasteiger partial charge in [-0.3, -0.25) is 9.48 Å². The summed E-state index contributed by atoms with van der Waals surface area (Å²) in [5, 5.41) is 31.9. The lowest BCUT2D eigenvalue weighted by Crippen LogP contribution is -2.35. The van der Waals surface area contributed by atoms with Crippen molar-refractivity contribution in [3.05, 3.63) is 95.2 Å². The average Bonchev–Trinajstić information content (AvgIpc) is 3.41. The van der Waals surface area contributed by atoms with E-state index < -0.39 is 5.82 Å². The third-order valence-corrected chi connectivity index (χ3v) is 7.49. The number of hydrogen-bond donors (Lipinski definition) is 1. The Bertz CT molecular complexity index is 1720. The summed E-state index contributed by atoms with van der Waals surface area (Å²) in [6.45, 7) is -0.0217. The number of halogens is 2. The van der Waals surface area contributed by atoms with Gasteiger partial charge in [0.2, 0.25) is 11.6 Å². The Morgan fingerprint density at radius 2 is 1.95 bits per heavy atom. The molecule has 2 aromatic carbocycles. The minimum Gasteiger partial charge on any atom is -0.618 e. The second kappa shape index (κ2) is 11.7. The van der Waals surface area contributed by atoms with Crippen molar-refractivity contribution < 1.29 is 18.7 Å². The predicted molar refractivity (Wildman–Crippen MR) is 152 cm³/mol. The van der Waals surface area contributed by atoms with E-state index >= 15 is 4.39 Å². The molecule has 1 aliphatic carbocycles. The molecule has 1 saturated carbocycles. The van der Waals surface area contributed by atoms with Crippen molar-refractivity contribution in [2.75, 3.05) is 19.0 Å². The lowest BCUT2D eigenvalue weighted by atomic mass is 10.0. The molecule has 214 valence electrons. The van der Waals surface area contributed by atoms with Gasteiger partial charge in [0.05, 0.1) is 28.0 Å². The Morgan fingerprint density at radius 3 is 2.64 bits per heavy atom. The monoisotopic (exact) mass is 588 g/mol. The zero-order valence-electron chi connectivity index (χ0n) is 22.5. The second-order valence-corrected chi connectivity index (χ2v) is 10.5. The van der Waals surface area contributed by atoms with Crippen molar-refractivity contribution in [3.63, 3.8) is 0 Å². The van der Waals surface area contributed by atoms with E-state index in [2.05, 4.69) is 25.9 Å². The molecule has 42 heavy (non-hydrogen) atoms. The largest absolute Gasteiger partial charge is 0.618 e. The molecule has 1 unspecified atom stereocenters. The van der Waals surface area contributed by atoms with Crippen molar-refractivity contribution in [1.29, 1.82) is 0 Å². The number of rotatable bonds is 10. The molecule has 11 nitrogen and oxygen atoms in total. The Balaban J connectivity index is 1.30. The van der Waals surface area contributed by atoms with Crippen molar-refractivity contribution in [2.24, 2.45) is 5.92 Å². The quantitative estimate of drug-likeness (QED) is 0.187. The molecular weight excluding hydrogens is 563 g/mol. The summed E-state index contributed by atoms with van der Waals surface area (Å²) < 4.78 is 24.0. The first-order chi connectivity index (χ1) is 20.4. The fourth-order valence-corrected chi connectivity index (χ4v) is 5.10. The lowest BCUT2D eigenvalue weighted by Gasteiger charge is -2.18. The smallest absolute Gasteiger partial charge is 0.250 e. The molecule has 1 aliphatic rings. The zero-order valence-corrected chi connectivity index (χ0v) is 23.3. The van der Waals surface area contributed by atoms with Crippen LogP contribution in [0.25, 0.3) is 27.9 Å². The van der Waals surface area contributed by atoms with E-state index in [4.69, 9.17) is 16.3 Å². The summed E-state index contributed by atoms with van der Waals surface area (Å²) in [4.78, 5) is 11.8. The third kappa shape index (κ3) is 5.71. The molecule has 3 heterocycles. The highest BCUT2D eigenvalue weighted by Crippen LogP contribution is 2.39. The Labute approximate surface area is 245 Å². The van der Waals surface area contributed by atoms with Crippen LogP contribution in [0, 0.1) is 16.9 Å². The molecule has 0 radical (unpaired) electrons. The Morgan fingerprint density at radius 1 is 1.17 bits per heavy atom. The molecule has 13 heteroatoms. The fraction of sp³-hybridized carbons (Fsp3) is 0.241. The van der Waals surface area contributed by atoms with E-state index in [1.54, 1.807) is 29.1 Å². The van der Waals surface area contributed by atoms with Crippen molar-refractivity contribution in [3.8, 4) is 27.9 Å². The number of ether oxygens (including phenoxy) is 1. The van der Waals surface area contributed by atoms with Gasteiger partial charge in [-0.15, -0.1) is 5.10 Å². The number of anilines is 1. The van der Waals surface area contributed by atoms with Crippen LogP contribution in [0.4, 0.5) is 10.1 Å². The zero-order chi connectivity index (χ0) is 29.2. The van der Waals surface area contributed by atoms with E-state index in [0.717, 1.165) is 35.1 Å². The van der Waals surface area contributed by atoms with E-state index in [0.29, 0.717) is 28.6 Å². The number of methoxy groups -OCH3 is 1. The van der Waals surface area contributed by atoms with Gasteiger partial charge in [0.25, 0.3) is 0 Å². The van der Waals surface area contributed by atoms with Gasteiger partial charge in [-0.05, 0) is 58.7 Å². The van der Waals surface area contributed by atoms with Gasteiger partial charge in [-0.2, -0.15) is 14.5 Å². The van der Waals surface area contributed by atoms with Gasteiger partial charge in [0, 0.05) is 30.6 Å². The summed E-state index contributed by atoms with van der Waals surface area (Å²) in [7, 11) is 1.47. The molecular formula is C29H26ClFN8O3. The van der Waals surface area contributed by atoms with Crippen molar-refractivity contribution in [1.82, 2.24) is 30.0 Å². The normalized spacial score (nSPS) is 13.7. The van der Waals surface area contributed by atoms with Gasteiger partial charge in [0.1, 0.15) is 19.0 Å². The lowest BCUT2D eigenvalue weighted by molar-refractivity contribution is -0.615. The molecule has 0 spiro atoms. The first-order valence-corrected chi connectivity index (χ1v) is 13.7.